The molecule has 84 valence electrons. The lowest BCUT2D eigenvalue weighted by Crippen LogP contribution is -2.33. The molecule has 1 aliphatic rings. The summed E-state index contributed by atoms with van der Waals surface area (Å²) in [7, 11) is 1.54. The summed E-state index contributed by atoms with van der Waals surface area (Å²) in [6.07, 6.45) is 1.70. The highest BCUT2D eigenvalue weighted by Crippen LogP contribution is 2.40. The van der Waals surface area contributed by atoms with E-state index in [1.165, 1.54) is 6.08 Å². The van der Waals surface area contributed by atoms with E-state index in [9.17, 15) is 9.90 Å². The molecule has 0 aromatic heterocycles. The van der Waals surface area contributed by atoms with Crippen LogP contribution in [0, 0.1) is 0 Å². The van der Waals surface area contributed by atoms with Gasteiger partial charge in [0.1, 0.15) is 5.75 Å². The second-order valence-corrected chi connectivity index (χ2v) is 3.72. The minimum atomic E-state index is -1.52. The second-order valence-electron chi connectivity index (χ2n) is 3.72. The van der Waals surface area contributed by atoms with Crippen molar-refractivity contribution in [3.63, 3.8) is 0 Å². The van der Waals surface area contributed by atoms with Crippen molar-refractivity contribution in [1.29, 1.82) is 0 Å². The zero-order chi connectivity index (χ0) is 11.8. The van der Waals surface area contributed by atoms with Crippen LogP contribution in [0.1, 0.15) is 12.0 Å². The van der Waals surface area contributed by atoms with Crippen molar-refractivity contribution < 1.29 is 14.6 Å². The maximum atomic E-state index is 11.7. The third kappa shape index (κ3) is 1.39. The van der Waals surface area contributed by atoms with Gasteiger partial charge in [0, 0.05) is 17.7 Å². The van der Waals surface area contributed by atoms with Crippen LogP contribution < -0.4 is 10.1 Å². The predicted molar refractivity (Wildman–Crippen MR) is 60.3 cm³/mol. The molecule has 2 N–H and O–H groups in total. The first kappa shape index (κ1) is 10.7. The first-order valence-corrected chi connectivity index (χ1v) is 4.95. The summed E-state index contributed by atoms with van der Waals surface area (Å²) in [6, 6.07) is 5.11. The first-order valence-electron chi connectivity index (χ1n) is 4.95. The molecule has 4 nitrogen and oxygen atoms in total. The molecule has 1 aromatic carbocycles. The number of anilines is 1. The molecule has 0 spiro atoms. The van der Waals surface area contributed by atoms with Crippen LogP contribution in [0.25, 0.3) is 0 Å². The molecule has 0 radical (unpaired) electrons. The number of methoxy groups -OCH3 is 1. The molecule has 16 heavy (non-hydrogen) atoms. The normalized spacial score (nSPS) is 22.5. The number of benzene rings is 1. The number of hydrogen-bond donors (Lipinski definition) is 2. The smallest absolute Gasteiger partial charge is 0.261 e. The number of hydrogen-bond acceptors (Lipinski definition) is 3. The number of aliphatic hydroxyl groups is 1. The van der Waals surface area contributed by atoms with Gasteiger partial charge < -0.3 is 15.2 Å². The van der Waals surface area contributed by atoms with Crippen LogP contribution in [0.5, 0.6) is 5.75 Å². The van der Waals surface area contributed by atoms with Crippen molar-refractivity contribution in [2.45, 2.75) is 12.0 Å². The van der Waals surface area contributed by atoms with Crippen LogP contribution in [0.4, 0.5) is 5.69 Å². The Morgan fingerprint density at radius 1 is 1.62 bits per heavy atom. The first-order chi connectivity index (χ1) is 7.61. The molecule has 0 bridgehead atoms. The SMILES string of the molecule is C=CCC1(O)C(=O)Nc2ccc(OC)cc21. The van der Waals surface area contributed by atoms with Gasteiger partial charge in [-0.1, -0.05) is 6.08 Å². The third-order valence-corrected chi connectivity index (χ3v) is 2.74. The van der Waals surface area contributed by atoms with Crippen molar-refractivity contribution in [3.8, 4) is 5.75 Å². The van der Waals surface area contributed by atoms with Gasteiger partial charge in [-0.15, -0.1) is 6.58 Å². The van der Waals surface area contributed by atoms with E-state index in [0.717, 1.165) is 0 Å². The van der Waals surface area contributed by atoms with Gasteiger partial charge in [-0.25, -0.2) is 0 Å². The average molecular weight is 219 g/mol. The van der Waals surface area contributed by atoms with Crippen molar-refractivity contribution in [3.05, 3.63) is 36.4 Å². The predicted octanol–water partition coefficient (Wildman–Crippen LogP) is 1.41. The summed E-state index contributed by atoms with van der Waals surface area (Å²) < 4.78 is 5.07. The van der Waals surface area contributed by atoms with Gasteiger partial charge in [-0.2, -0.15) is 0 Å². The summed E-state index contributed by atoms with van der Waals surface area (Å²) in [5.74, 6) is 0.188. The van der Waals surface area contributed by atoms with E-state index >= 15 is 0 Å². The van der Waals surface area contributed by atoms with Gasteiger partial charge in [0.2, 0.25) is 0 Å². The molecule has 1 aliphatic heterocycles. The maximum Gasteiger partial charge on any atom is 0.261 e. The van der Waals surface area contributed by atoms with Gasteiger partial charge in [-0.05, 0) is 18.2 Å². The van der Waals surface area contributed by atoms with Gasteiger partial charge in [0.25, 0.3) is 5.91 Å². The molecule has 1 unspecified atom stereocenters. The molecule has 2 rings (SSSR count). The highest BCUT2D eigenvalue weighted by molar-refractivity contribution is 6.05. The summed E-state index contributed by atoms with van der Waals surface area (Å²) in [5, 5.41) is 12.9. The van der Waals surface area contributed by atoms with E-state index in [0.29, 0.717) is 17.0 Å². The number of carbonyl (C=O) groups excluding carboxylic acids is 1. The molecule has 1 aromatic rings. The number of carbonyl (C=O) groups is 1. The lowest BCUT2D eigenvalue weighted by Gasteiger charge is -2.18. The maximum absolute atomic E-state index is 11.7. The van der Waals surface area contributed by atoms with Gasteiger partial charge in [0.15, 0.2) is 5.60 Å². The number of fused-ring (bicyclic) bond motifs is 1. The lowest BCUT2D eigenvalue weighted by molar-refractivity contribution is -0.133. The molecule has 4 heteroatoms. The zero-order valence-electron chi connectivity index (χ0n) is 8.99. The Balaban J connectivity index is 2.53. The molecule has 0 saturated heterocycles. The second kappa shape index (κ2) is 3.64. The minimum Gasteiger partial charge on any atom is -0.497 e. The molecule has 1 amide bonds. The molecule has 0 saturated carbocycles. The Kier molecular flexibility index (Phi) is 2.44. The minimum absolute atomic E-state index is 0.180. The lowest BCUT2D eigenvalue weighted by atomic mass is 9.92. The fraction of sp³-hybridized carbons (Fsp3) is 0.250. The monoisotopic (exact) mass is 219 g/mol. The van der Waals surface area contributed by atoms with Crippen molar-refractivity contribution >= 4 is 11.6 Å². The van der Waals surface area contributed by atoms with Gasteiger partial charge in [0.05, 0.1) is 7.11 Å². The number of rotatable bonds is 3. The van der Waals surface area contributed by atoms with Crippen molar-refractivity contribution in [1.82, 2.24) is 0 Å². The number of ether oxygens (including phenoxy) is 1. The van der Waals surface area contributed by atoms with Crippen LogP contribution in [0.2, 0.25) is 0 Å². The topological polar surface area (TPSA) is 58.6 Å². The average Bonchev–Trinajstić information content (AvgIpc) is 2.52. The van der Waals surface area contributed by atoms with Crippen LogP contribution in [0.3, 0.4) is 0 Å². The van der Waals surface area contributed by atoms with E-state index in [1.54, 1.807) is 25.3 Å². The largest absolute Gasteiger partial charge is 0.497 e. The third-order valence-electron chi connectivity index (χ3n) is 2.74. The highest BCUT2D eigenvalue weighted by atomic mass is 16.5. The fourth-order valence-corrected chi connectivity index (χ4v) is 1.86. The van der Waals surface area contributed by atoms with Crippen LogP contribution in [-0.4, -0.2) is 18.1 Å². The Morgan fingerprint density at radius 2 is 2.38 bits per heavy atom. The van der Waals surface area contributed by atoms with E-state index in [2.05, 4.69) is 11.9 Å². The Morgan fingerprint density at radius 3 is 3.00 bits per heavy atom. The van der Waals surface area contributed by atoms with E-state index in [1.807, 2.05) is 0 Å². The van der Waals surface area contributed by atoms with E-state index in [4.69, 9.17) is 4.74 Å². The molecular weight excluding hydrogens is 206 g/mol. The van der Waals surface area contributed by atoms with Gasteiger partial charge >= 0.3 is 0 Å². The summed E-state index contributed by atoms with van der Waals surface area (Å²) >= 11 is 0. The Bertz CT molecular complexity index is 456. The van der Waals surface area contributed by atoms with Gasteiger partial charge in [-0.3, -0.25) is 4.79 Å². The molecule has 0 aliphatic carbocycles. The van der Waals surface area contributed by atoms with E-state index in [-0.39, 0.29) is 6.42 Å². The van der Waals surface area contributed by atoms with Crippen molar-refractivity contribution in [2.24, 2.45) is 0 Å². The van der Waals surface area contributed by atoms with Crippen LogP contribution in [0.15, 0.2) is 30.9 Å². The quantitative estimate of drug-likeness (QED) is 0.756. The van der Waals surface area contributed by atoms with E-state index < -0.39 is 11.5 Å². The molecular formula is C12H13NO3. The fourth-order valence-electron chi connectivity index (χ4n) is 1.86. The molecule has 1 atom stereocenters. The highest BCUT2D eigenvalue weighted by Gasteiger charge is 2.44. The summed E-state index contributed by atoms with van der Waals surface area (Å²) in [4.78, 5) is 11.7. The van der Waals surface area contributed by atoms with Crippen molar-refractivity contribution in [2.75, 3.05) is 12.4 Å². The molecule has 0 fully saturated rings. The summed E-state index contributed by atoms with van der Waals surface area (Å²) in [6.45, 7) is 3.55. The number of amides is 1. The Hall–Kier alpha value is -1.81. The zero-order valence-corrected chi connectivity index (χ0v) is 8.99. The van der Waals surface area contributed by atoms with Crippen LogP contribution in [-0.2, 0) is 10.4 Å². The Labute approximate surface area is 93.5 Å². The molecule has 1 heterocycles. The number of nitrogens with one attached hydrogen (secondary N) is 1. The standard InChI is InChI=1S/C12H13NO3/c1-3-6-12(15)9-7-8(16-2)4-5-10(9)13-11(12)14/h3-5,7,15H,1,6H2,2H3,(H,13,14). The van der Waals surface area contributed by atoms with Crippen LogP contribution >= 0.6 is 0 Å². The summed E-state index contributed by atoms with van der Waals surface area (Å²) in [5.41, 5.74) is -0.363.